The second-order valence-electron chi connectivity index (χ2n) is 11.6. The summed E-state index contributed by atoms with van der Waals surface area (Å²) in [5.74, 6) is 9.13. The number of hydrogen-bond acceptors (Lipinski definition) is 3. The Morgan fingerprint density at radius 3 is 2.50 bits per heavy atom. The maximum Gasteiger partial charge on any atom is 0.302 e. The molecule has 0 radical (unpaired) electrons. The van der Waals surface area contributed by atoms with Gasteiger partial charge in [-0.25, -0.2) is 0 Å². The lowest BCUT2D eigenvalue weighted by Gasteiger charge is -2.61. The molecule has 0 spiro atoms. The van der Waals surface area contributed by atoms with Crippen molar-refractivity contribution in [3.05, 3.63) is 35.9 Å². The van der Waals surface area contributed by atoms with E-state index >= 15 is 0 Å². The minimum absolute atomic E-state index is 0.112. The molecule has 0 unspecified atom stereocenters. The van der Waals surface area contributed by atoms with Gasteiger partial charge in [-0.15, -0.1) is 0 Å². The number of fused-ring (bicyclic) bond motifs is 5. The summed E-state index contributed by atoms with van der Waals surface area (Å²) in [6.07, 6.45) is 9.94. The lowest BCUT2D eigenvalue weighted by atomic mass is 9.44. The van der Waals surface area contributed by atoms with Crippen molar-refractivity contribution in [3.63, 3.8) is 0 Å². The van der Waals surface area contributed by atoms with Gasteiger partial charge in [-0.3, -0.25) is 4.79 Å². The molecule has 0 bridgehead atoms. The molecule has 4 fully saturated rings. The van der Waals surface area contributed by atoms with Gasteiger partial charge in [0.2, 0.25) is 0 Å². The van der Waals surface area contributed by atoms with Crippen LogP contribution in [0.3, 0.4) is 0 Å². The minimum atomic E-state index is -0.886. The van der Waals surface area contributed by atoms with Gasteiger partial charge in [0.05, 0.1) is 0 Å². The number of esters is 1. The lowest BCUT2D eigenvalue weighted by molar-refractivity contribution is -0.163. The highest BCUT2D eigenvalue weighted by Crippen LogP contribution is 2.68. The Morgan fingerprint density at radius 2 is 1.75 bits per heavy atom. The third-order valence-corrected chi connectivity index (χ3v) is 10.3. The van der Waals surface area contributed by atoms with Crippen molar-refractivity contribution >= 4 is 5.97 Å². The normalized spacial score (nSPS) is 44.9. The molecular weight excluding hydrogens is 396 g/mol. The maximum atomic E-state index is 11.8. The summed E-state index contributed by atoms with van der Waals surface area (Å²) in [5, 5.41) is 11.8. The summed E-state index contributed by atoms with van der Waals surface area (Å²) in [4.78, 5) is 11.5. The molecule has 0 saturated heterocycles. The van der Waals surface area contributed by atoms with Gasteiger partial charge in [0.1, 0.15) is 11.7 Å². The van der Waals surface area contributed by atoms with Gasteiger partial charge < -0.3 is 9.84 Å². The van der Waals surface area contributed by atoms with Crippen LogP contribution >= 0.6 is 0 Å². The number of aliphatic hydroxyl groups is 1. The fourth-order valence-corrected chi connectivity index (χ4v) is 8.48. The molecule has 0 amide bonds. The highest BCUT2D eigenvalue weighted by Gasteiger charge is 2.64. The topological polar surface area (TPSA) is 46.5 Å². The van der Waals surface area contributed by atoms with Gasteiger partial charge in [0, 0.05) is 17.9 Å². The Bertz CT molecular complexity index is 929. The summed E-state index contributed by atoms with van der Waals surface area (Å²) in [6.45, 7) is 6.39. The molecule has 1 aromatic carbocycles. The van der Waals surface area contributed by atoms with Gasteiger partial charge in [0.15, 0.2) is 0 Å². The molecule has 4 aliphatic rings. The predicted octanol–water partition coefficient (Wildman–Crippen LogP) is 5.74. The van der Waals surface area contributed by atoms with Crippen molar-refractivity contribution in [3.8, 4) is 11.8 Å². The van der Waals surface area contributed by atoms with Crippen LogP contribution in [0.5, 0.6) is 0 Å². The van der Waals surface area contributed by atoms with E-state index in [1.54, 1.807) is 0 Å². The molecule has 1 N–H and O–H groups in total. The van der Waals surface area contributed by atoms with Crippen LogP contribution in [-0.2, 0) is 9.53 Å². The first kappa shape index (κ1) is 22.0. The Balaban J connectivity index is 1.36. The van der Waals surface area contributed by atoms with Crippen molar-refractivity contribution in [1.29, 1.82) is 0 Å². The molecule has 4 aliphatic carbocycles. The van der Waals surface area contributed by atoms with Gasteiger partial charge in [0.25, 0.3) is 0 Å². The molecule has 0 heterocycles. The van der Waals surface area contributed by atoms with Crippen molar-refractivity contribution in [2.24, 2.45) is 34.5 Å². The number of benzene rings is 1. The Labute approximate surface area is 193 Å². The highest BCUT2D eigenvalue weighted by atomic mass is 16.5. The Kier molecular flexibility index (Phi) is 5.44. The summed E-state index contributed by atoms with van der Waals surface area (Å²) >= 11 is 0. The van der Waals surface area contributed by atoms with Gasteiger partial charge in [-0.1, -0.05) is 43.9 Å². The molecule has 32 heavy (non-hydrogen) atoms. The first-order chi connectivity index (χ1) is 15.3. The first-order valence-corrected chi connectivity index (χ1v) is 12.7. The van der Waals surface area contributed by atoms with E-state index in [0.29, 0.717) is 23.2 Å². The van der Waals surface area contributed by atoms with Crippen LogP contribution in [0.4, 0.5) is 0 Å². The van der Waals surface area contributed by atoms with E-state index in [0.717, 1.165) is 50.0 Å². The number of rotatable bonds is 1. The third-order valence-electron chi connectivity index (χ3n) is 10.3. The summed E-state index contributed by atoms with van der Waals surface area (Å²) in [7, 11) is 0. The first-order valence-electron chi connectivity index (χ1n) is 12.7. The molecule has 0 aromatic heterocycles. The second kappa shape index (κ2) is 7.91. The third kappa shape index (κ3) is 3.41. The molecular formula is C29H38O3. The SMILES string of the molecule is CC(=O)O[C@H]1CC[C@@]2(C)[C@H](CC[C@@H]3[C@@H]2CC[C@@]2(C)[C@H]3CC[C@@]2(O)C#Cc2ccccc2)C1. The zero-order valence-corrected chi connectivity index (χ0v) is 19.9. The monoisotopic (exact) mass is 434 g/mol. The van der Waals surface area contributed by atoms with Gasteiger partial charge in [-0.05, 0) is 99.0 Å². The molecule has 172 valence electrons. The minimum Gasteiger partial charge on any atom is -0.463 e. The van der Waals surface area contributed by atoms with Crippen LogP contribution in [0, 0.1) is 46.3 Å². The van der Waals surface area contributed by atoms with Crippen LogP contribution < -0.4 is 0 Å². The smallest absolute Gasteiger partial charge is 0.302 e. The predicted molar refractivity (Wildman–Crippen MR) is 126 cm³/mol. The van der Waals surface area contributed by atoms with Crippen LogP contribution in [0.1, 0.15) is 84.1 Å². The summed E-state index contributed by atoms with van der Waals surface area (Å²) in [6, 6.07) is 10.1. The molecule has 5 rings (SSSR count). The van der Waals surface area contributed by atoms with E-state index in [1.807, 2.05) is 30.3 Å². The van der Waals surface area contributed by atoms with Gasteiger partial charge in [-0.2, -0.15) is 0 Å². The van der Waals surface area contributed by atoms with E-state index in [1.165, 1.54) is 26.2 Å². The fraction of sp³-hybridized carbons (Fsp3) is 0.690. The average molecular weight is 435 g/mol. The molecule has 8 atom stereocenters. The van der Waals surface area contributed by atoms with E-state index in [2.05, 4.69) is 25.7 Å². The molecule has 3 heteroatoms. The van der Waals surface area contributed by atoms with Crippen molar-refractivity contribution in [2.45, 2.75) is 90.3 Å². The fourth-order valence-electron chi connectivity index (χ4n) is 8.48. The van der Waals surface area contributed by atoms with Crippen LogP contribution in [0.25, 0.3) is 0 Å². The van der Waals surface area contributed by atoms with Crippen LogP contribution in [0.15, 0.2) is 30.3 Å². The maximum absolute atomic E-state index is 11.8. The van der Waals surface area contributed by atoms with Crippen molar-refractivity contribution < 1.29 is 14.6 Å². The van der Waals surface area contributed by atoms with Crippen molar-refractivity contribution in [2.75, 3.05) is 0 Å². The Morgan fingerprint density at radius 1 is 1.00 bits per heavy atom. The number of ether oxygens (including phenoxy) is 1. The average Bonchev–Trinajstić information content (AvgIpc) is 3.04. The zero-order valence-electron chi connectivity index (χ0n) is 19.9. The second-order valence-corrected chi connectivity index (χ2v) is 11.6. The summed E-state index contributed by atoms with van der Waals surface area (Å²) in [5.41, 5.74) is 0.327. The number of carbonyl (C=O) groups excluding carboxylic acids is 1. The van der Waals surface area contributed by atoms with E-state index in [9.17, 15) is 9.90 Å². The molecule has 1 aromatic rings. The molecule has 3 nitrogen and oxygen atoms in total. The molecule has 0 aliphatic heterocycles. The number of hydrogen-bond donors (Lipinski definition) is 1. The standard InChI is InChI=1S/C29H38O3/c1-20(30)32-23-12-15-27(2)22(19-23)9-10-24-25(27)13-16-28(3)26(24)14-18-29(28,31)17-11-21-7-5-4-6-8-21/h4-8,22-26,31H,9-10,12-16,18-19H2,1-3H3/t22-,23+,24-,25+,26+,27+,28+,29+/m1/s1. The Hall–Kier alpha value is -1.79. The lowest BCUT2D eigenvalue weighted by Crippen LogP contribution is -2.56. The highest BCUT2D eigenvalue weighted by molar-refractivity contribution is 5.66. The summed E-state index contributed by atoms with van der Waals surface area (Å²) < 4.78 is 5.61. The van der Waals surface area contributed by atoms with E-state index in [-0.39, 0.29) is 17.5 Å². The largest absolute Gasteiger partial charge is 0.463 e. The molecule has 4 saturated carbocycles. The van der Waals surface area contributed by atoms with Crippen LogP contribution in [0.2, 0.25) is 0 Å². The van der Waals surface area contributed by atoms with Crippen molar-refractivity contribution in [1.82, 2.24) is 0 Å². The van der Waals surface area contributed by atoms with E-state index in [4.69, 9.17) is 4.74 Å². The van der Waals surface area contributed by atoms with E-state index < -0.39 is 5.60 Å². The quantitative estimate of drug-likeness (QED) is 0.453. The van der Waals surface area contributed by atoms with Gasteiger partial charge >= 0.3 is 5.97 Å². The van der Waals surface area contributed by atoms with Crippen LogP contribution in [-0.4, -0.2) is 22.8 Å². The number of carbonyl (C=O) groups is 1. The zero-order chi connectivity index (χ0) is 22.6.